The van der Waals surface area contributed by atoms with Gasteiger partial charge in [0.1, 0.15) is 34.5 Å². The van der Waals surface area contributed by atoms with Gasteiger partial charge in [-0.25, -0.2) is 0 Å². The number of aliphatic hydroxyl groups excluding tert-OH is 2. The molecule has 16 heteroatoms. The molecule has 12 aromatic carbocycles. The third-order valence-electron chi connectivity index (χ3n) is 22.4. The van der Waals surface area contributed by atoms with Gasteiger partial charge in [-0.3, -0.25) is 14.6 Å². The summed E-state index contributed by atoms with van der Waals surface area (Å²) in [5, 5.41) is 69.5. The summed E-state index contributed by atoms with van der Waals surface area (Å²) in [4.78, 5) is 16.7. The molecule has 0 amide bonds. The molecule has 1 heterocycles. The largest absolute Gasteiger partial charge is 0.508 e. The Balaban J connectivity index is 0.000000312. The number of halogens is 1. The predicted molar refractivity (Wildman–Crippen MR) is 505 cm³/mol. The van der Waals surface area contributed by atoms with Crippen LogP contribution < -0.4 is 4.74 Å². The van der Waals surface area contributed by atoms with Crippen molar-refractivity contribution in [3.05, 3.63) is 391 Å². The maximum Gasteiger partial charge on any atom is 0.312 e. The van der Waals surface area contributed by atoms with Gasteiger partial charge in [-0.1, -0.05) is 311 Å². The van der Waals surface area contributed by atoms with E-state index in [1.165, 1.54) is 44.5 Å². The van der Waals surface area contributed by atoms with Crippen LogP contribution in [0.15, 0.2) is 291 Å². The van der Waals surface area contributed by atoms with Crippen LogP contribution in [0.5, 0.6) is 34.5 Å². The van der Waals surface area contributed by atoms with Crippen molar-refractivity contribution in [3.63, 3.8) is 0 Å². The predicted octanol–water partition coefficient (Wildman–Crippen LogP) is 25.2. The summed E-state index contributed by atoms with van der Waals surface area (Å²) in [6, 6.07) is 98.5. The standard InChI is InChI=1S/2C22H31NO.C16H17IO.C16H14O2.2C16H18O2.4Y/c2*1-16(2)23(17(3)4)14-13-20(19-9-7-6-8-10-19)21-15-18(5)11-12-22(21)24;1-12-7-8-16(18)15(11-12)14(9-10-17)13-5-3-2-4-6-13;1-11-7-8-15-14(9-11)13(10-16(17)18-15)12-5-3-2-4-6-12;2*1-12-7-8-16(18)15(11-12)14(9-10-17)13-5-3-2-4-6-13;;;;/h2*6-12,15-17,20,24H,13-14H2,1-5H3;2-8,11,14,18H,9-10H2,1H3;2-9,13H,10H2,1H3;2*2-8,11,14,17-18H,9-10H2,1H3;;;;. The van der Waals surface area contributed by atoms with E-state index < -0.39 is 0 Å². The summed E-state index contributed by atoms with van der Waals surface area (Å²) in [6.45, 7) is 32.5. The van der Waals surface area contributed by atoms with Gasteiger partial charge in [0.2, 0.25) is 0 Å². The van der Waals surface area contributed by atoms with Crippen LogP contribution in [0.1, 0.15) is 230 Å². The van der Waals surface area contributed by atoms with E-state index >= 15 is 0 Å². The number of aliphatic hydroxyl groups is 2. The summed E-state index contributed by atoms with van der Waals surface area (Å²) >= 11 is 2.39. The molecule has 0 saturated heterocycles. The fourth-order valence-electron chi connectivity index (χ4n) is 16.3. The first kappa shape index (κ1) is 110. The zero-order valence-electron chi connectivity index (χ0n) is 75.3. The number of aryl methyl sites for hydroxylation is 6. The van der Waals surface area contributed by atoms with Crippen LogP contribution in [0.2, 0.25) is 0 Å². The van der Waals surface area contributed by atoms with Crippen LogP contribution in [0.25, 0.3) is 0 Å². The van der Waals surface area contributed by atoms with E-state index in [0.29, 0.717) is 77.9 Å². The van der Waals surface area contributed by atoms with Gasteiger partial charge < -0.3 is 40.5 Å². The monoisotopic (exact) mass is 2080 g/mol. The molecule has 124 heavy (non-hydrogen) atoms. The van der Waals surface area contributed by atoms with Gasteiger partial charge in [-0.2, -0.15) is 0 Å². The molecular weight excluding hydrogens is 1950 g/mol. The molecule has 0 bridgehead atoms. The first-order chi connectivity index (χ1) is 57.7. The third kappa shape index (κ3) is 34.5. The van der Waals surface area contributed by atoms with E-state index in [4.69, 9.17) is 4.74 Å². The number of alkyl halides is 1. The van der Waals surface area contributed by atoms with Gasteiger partial charge in [-0.05, 0) is 212 Å². The van der Waals surface area contributed by atoms with E-state index in [-0.39, 0.29) is 186 Å². The Hall–Kier alpha value is -5.90. The molecule has 0 aliphatic carbocycles. The van der Waals surface area contributed by atoms with Crippen LogP contribution >= 0.6 is 22.6 Å². The number of benzene rings is 12. The fourth-order valence-corrected chi connectivity index (χ4v) is 16.9. The number of nitrogens with zero attached hydrogens (tertiary/aromatic N) is 2. The zero-order valence-corrected chi connectivity index (χ0v) is 88.8. The molecule has 644 valence electrons. The summed E-state index contributed by atoms with van der Waals surface area (Å²) < 4.78 is 6.37. The van der Waals surface area contributed by atoms with Crippen LogP contribution in [0, 0.1) is 41.5 Å². The SMILES string of the molecule is Cc1ccc(O)c(C(CCI)c2ccccc2)c1.Cc1ccc(O)c(C(CCN(C(C)C)C(C)C)c2ccccc2)c1.Cc1ccc(O)c(C(CCN(C(C)C)C(C)C)c2ccccc2)c1.Cc1ccc(O)c(C(CCO)c2ccccc2)c1.Cc1ccc(O)c(C(CCO)c2ccccc2)c1.Cc1ccc2c(c1)C(c1ccccc1)CC(=O)O2.[Y].[Y].[Y].[Y]. The normalized spacial score (nSPS) is 13.0. The Kier molecular flexibility index (Phi) is 51.6. The van der Waals surface area contributed by atoms with Gasteiger partial charge in [0.05, 0.1) is 6.42 Å². The Morgan fingerprint density at radius 1 is 0.323 bits per heavy atom. The molecule has 6 atom stereocenters. The van der Waals surface area contributed by atoms with Gasteiger partial charge in [0.25, 0.3) is 0 Å². The topological polar surface area (TPSA) is 174 Å². The van der Waals surface area contributed by atoms with E-state index in [1.54, 1.807) is 18.2 Å². The Morgan fingerprint density at radius 3 is 0.806 bits per heavy atom. The molecule has 0 aromatic heterocycles. The molecule has 4 radical (unpaired) electrons. The second-order valence-corrected chi connectivity index (χ2v) is 33.8. The third-order valence-corrected chi connectivity index (χ3v) is 23.0. The van der Waals surface area contributed by atoms with Crippen molar-refractivity contribution in [2.24, 2.45) is 0 Å². The van der Waals surface area contributed by atoms with Crippen molar-refractivity contribution >= 4 is 28.6 Å². The van der Waals surface area contributed by atoms with E-state index in [9.17, 15) is 40.5 Å². The summed E-state index contributed by atoms with van der Waals surface area (Å²) in [6.07, 6.45) is 4.68. The van der Waals surface area contributed by atoms with Gasteiger partial charge in [0, 0.05) is 242 Å². The number of ether oxygens (including phenoxy) is 1. The minimum absolute atomic E-state index is 0. The Morgan fingerprint density at radius 2 is 0.556 bits per heavy atom. The van der Waals surface area contributed by atoms with Crippen LogP contribution in [0.3, 0.4) is 0 Å². The summed E-state index contributed by atoms with van der Waals surface area (Å²) in [5.41, 5.74) is 20.2. The number of rotatable bonds is 27. The number of hydrogen-bond acceptors (Lipinski definition) is 11. The second kappa shape index (κ2) is 57.9. The van der Waals surface area contributed by atoms with E-state index in [2.05, 4.69) is 225 Å². The Bertz CT molecular complexity index is 4670. The number of hydrogen-bond donors (Lipinski definition) is 7. The molecule has 0 saturated carbocycles. The van der Waals surface area contributed by atoms with Crippen molar-refractivity contribution in [1.82, 2.24) is 9.80 Å². The first-order valence-corrected chi connectivity index (χ1v) is 44.1. The molecule has 1 aliphatic rings. The molecule has 7 N–H and O–H groups in total. The van der Waals surface area contributed by atoms with Gasteiger partial charge in [0.15, 0.2) is 0 Å². The average Bonchev–Trinajstić information content (AvgIpc) is 0.818. The maximum absolute atomic E-state index is 11.7. The van der Waals surface area contributed by atoms with Crippen LogP contribution in [-0.2, 0) is 136 Å². The summed E-state index contributed by atoms with van der Waals surface area (Å²) in [7, 11) is 0. The molecule has 0 fully saturated rings. The van der Waals surface area contributed by atoms with Crippen molar-refractivity contribution in [1.29, 1.82) is 0 Å². The maximum atomic E-state index is 11.7. The van der Waals surface area contributed by atoms with Crippen molar-refractivity contribution in [3.8, 4) is 34.5 Å². The van der Waals surface area contributed by atoms with Crippen LogP contribution in [-0.4, -0.2) is 106 Å². The number of carbonyl (C=O) groups is 1. The average molecular weight is 2080 g/mol. The van der Waals surface area contributed by atoms with Gasteiger partial charge in [-0.15, -0.1) is 0 Å². The van der Waals surface area contributed by atoms with Crippen molar-refractivity contribution in [2.75, 3.05) is 30.7 Å². The van der Waals surface area contributed by atoms with E-state index in [0.717, 1.165) is 92.4 Å². The van der Waals surface area contributed by atoms with Gasteiger partial charge >= 0.3 is 5.97 Å². The second-order valence-electron chi connectivity index (χ2n) is 32.7. The molecule has 13 rings (SSSR count). The molecular formula is C108H129IN2O9Y4. The number of carbonyl (C=O) groups excluding carboxylic acids is 1. The number of esters is 1. The van der Waals surface area contributed by atoms with Crippen molar-refractivity contribution < 1.29 is 176 Å². The molecule has 12 aromatic rings. The summed E-state index contributed by atoms with van der Waals surface area (Å²) in [5.74, 6) is 3.23. The van der Waals surface area contributed by atoms with Crippen molar-refractivity contribution in [2.45, 2.75) is 195 Å². The molecule has 6 unspecified atom stereocenters. The van der Waals surface area contributed by atoms with E-state index in [1.807, 2.05) is 178 Å². The fraction of sp³-hybridized carbons (Fsp3) is 0.324. The number of fused-ring (bicyclic) bond motifs is 1. The molecule has 1 aliphatic heterocycles. The first-order valence-electron chi connectivity index (χ1n) is 42.6. The zero-order chi connectivity index (χ0) is 86.8. The molecule has 11 nitrogen and oxygen atoms in total. The number of aromatic hydroxyl groups is 5. The number of phenols is 5. The Labute approximate surface area is 855 Å². The smallest absolute Gasteiger partial charge is 0.312 e. The quantitative estimate of drug-likeness (QED) is 0.0113. The number of phenolic OH excluding ortho intramolecular Hbond substituents is 5. The van der Waals surface area contributed by atoms with Crippen LogP contribution in [0.4, 0.5) is 0 Å². The minimum Gasteiger partial charge on any atom is -0.508 e. The minimum atomic E-state index is -0.153. The molecule has 0 spiro atoms.